The lowest BCUT2D eigenvalue weighted by molar-refractivity contribution is 0.102. The smallest absolute Gasteiger partial charge is 0.256 e. The largest absolute Gasteiger partial charge is 0.385 e. The Hall–Kier alpha value is -2.49. The summed E-state index contributed by atoms with van der Waals surface area (Å²) in [6.45, 7) is 3.19. The highest BCUT2D eigenvalue weighted by Gasteiger charge is 2.18. The zero-order valence-electron chi connectivity index (χ0n) is 13.8. The quantitative estimate of drug-likeness (QED) is 0.901. The first-order valence-corrected chi connectivity index (χ1v) is 8.83. The van der Waals surface area contributed by atoms with Crippen LogP contribution < -0.4 is 15.5 Å². The molecule has 1 amide bonds. The molecule has 0 aromatic heterocycles. The summed E-state index contributed by atoms with van der Waals surface area (Å²) in [6.07, 6.45) is 4.53. The number of carbonyl (C=O) groups is 1. The van der Waals surface area contributed by atoms with Gasteiger partial charge in [0.15, 0.2) is 0 Å². The minimum Gasteiger partial charge on any atom is -0.385 e. The van der Waals surface area contributed by atoms with Gasteiger partial charge >= 0.3 is 0 Å². The first kappa shape index (κ1) is 15.1. The number of hydrogen-bond acceptors (Lipinski definition) is 3. The summed E-state index contributed by atoms with van der Waals surface area (Å²) in [4.78, 5) is 15.1. The maximum absolute atomic E-state index is 12.8. The summed E-state index contributed by atoms with van der Waals surface area (Å²) in [5.74, 6) is -0.0193. The van der Waals surface area contributed by atoms with E-state index in [1.165, 1.54) is 18.5 Å². The van der Waals surface area contributed by atoms with Crippen molar-refractivity contribution in [3.05, 3.63) is 53.6 Å². The molecule has 2 N–H and O–H groups in total. The van der Waals surface area contributed by atoms with Crippen molar-refractivity contribution in [2.24, 2.45) is 0 Å². The summed E-state index contributed by atoms with van der Waals surface area (Å²) in [5, 5.41) is 6.46. The maximum atomic E-state index is 12.8. The van der Waals surface area contributed by atoms with E-state index < -0.39 is 0 Å². The molecule has 0 saturated carbocycles. The van der Waals surface area contributed by atoms with Crippen LogP contribution in [0.4, 0.5) is 17.1 Å². The van der Waals surface area contributed by atoms with E-state index in [0.29, 0.717) is 0 Å². The molecule has 0 radical (unpaired) electrons. The Morgan fingerprint density at radius 1 is 1.04 bits per heavy atom. The van der Waals surface area contributed by atoms with Crippen LogP contribution in [-0.4, -0.2) is 25.5 Å². The fourth-order valence-electron chi connectivity index (χ4n) is 3.68. The lowest BCUT2D eigenvalue weighted by Crippen LogP contribution is -2.20. The van der Waals surface area contributed by atoms with E-state index in [9.17, 15) is 4.79 Å². The summed E-state index contributed by atoms with van der Waals surface area (Å²) in [5.41, 5.74) is 5.08. The van der Waals surface area contributed by atoms with Crippen molar-refractivity contribution in [1.29, 1.82) is 0 Å². The van der Waals surface area contributed by atoms with Gasteiger partial charge in [-0.15, -0.1) is 0 Å². The Labute approximate surface area is 142 Å². The molecule has 4 nitrogen and oxygen atoms in total. The third kappa shape index (κ3) is 2.96. The molecular weight excluding hydrogens is 298 g/mol. The van der Waals surface area contributed by atoms with Crippen LogP contribution in [0, 0.1) is 0 Å². The third-order valence-electron chi connectivity index (χ3n) is 4.91. The fourth-order valence-corrected chi connectivity index (χ4v) is 3.68. The van der Waals surface area contributed by atoms with Crippen molar-refractivity contribution in [3.8, 4) is 0 Å². The zero-order chi connectivity index (χ0) is 16.4. The molecule has 2 aliphatic heterocycles. The van der Waals surface area contributed by atoms with Crippen LogP contribution in [0.1, 0.15) is 35.2 Å². The Morgan fingerprint density at radius 3 is 2.75 bits per heavy atom. The van der Waals surface area contributed by atoms with Gasteiger partial charge in [0.25, 0.3) is 5.91 Å². The molecular formula is C20H23N3O. The molecule has 2 aliphatic rings. The Bertz CT molecular complexity index is 750. The first-order valence-electron chi connectivity index (χ1n) is 8.83. The van der Waals surface area contributed by atoms with Gasteiger partial charge in [0.1, 0.15) is 0 Å². The Morgan fingerprint density at radius 2 is 1.88 bits per heavy atom. The average Bonchev–Trinajstić information content (AvgIpc) is 3.16. The number of benzene rings is 2. The second kappa shape index (κ2) is 6.56. The van der Waals surface area contributed by atoms with Crippen LogP contribution in [0.5, 0.6) is 0 Å². The second-order valence-electron chi connectivity index (χ2n) is 6.56. The fraction of sp³-hybridized carbons (Fsp3) is 0.350. The van der Waals surface area contributed by atoms with Crippen LogP contribution in [0.2, 0.25) is 0 Å². The summed E-state index contributed by atoms with van der Waals surface area (Å²) < 4.78 is 0. The number of anilines is 3. The van der Waals surface area contributed by atoms with Crippen molar-refractivity contribution in [3.63, 3.8) is 0 Å². The van der Waals surface area contributed by atoms with Crippen LogP contribution in [0.3, 0.4) is 0 Å². The van der Waals surface area contributed by atoms with Gasteiger partial charge in [-0.3, -0.25) is 4.79 Å². The SMILES string of the molecule is O=C(Nc1cccc(N2CCCC2)c1)c1cccc2c1CCCN2. The molecule has 0 bridgehead atoms. The van der Waals surface area contributed by atoms with E-state index in [1.807, 2.05) is 24.3 Å². The monoisotopic (exact) mass is 321 g/mol. The number of rotatable bonds is 3. The molecule has 1 fully saturated rings. The summed E-state index contributed by atoms with van der Waals surface area (Å²) >= 11 is 0. The molecule has 4 heteroatoms. The van der Waals surface area contributed by atoms with E-state index in [-0.39, 0.29) is 5.91 Å². The molecule has 2 aromatic rings. The Kier molecular flexibility index (Phi) is 4.11. The predicted molar refractivity (Wildman–Crippen MR) is 99.1 cm³/mol. The molecule has 2 aromatic carbocycles. The van der Waals surface area contributed by atoms with Crippen molar-refractivity contribution in [2.45, 2.75) is 25.7 Å². The second-order valence-corrected chi connectivity index (χ2v) is 6.56. The van der Waals surface area contributed by atoms with Gasteiger partial charge < -0.3 is 15.5 Å². The lowest BCUT2D eigenvalue weighted by Gasteiger charge is -2.21. The van der Waals surface area contributed by atoms with Gasteiger partial charge in [-0.25, -0.2) is 0 Å². The highest BCUT2D eigenvalue weighted by Crippen LogP contribution is 2.27. The van der Waals surface area contributed by atoms with Crippen LogP contribution >= 0.6 is 0 Å². The molecule has 24 heavy (non-hydrogen) atoms. The van der Waals surface area contributed by atoms with E-state index in [1.54, 1.807) is 0 Å². The van der Waals surface area contributed by atoms with Crippen LogP contribution in [0.15, 0.2) is 42.5 Å². The standard InChI is InChI=1S/C20H23N3O/c24-20(18-8-4-10-19-17(18)9-5-11-21-19)22-15-6-3-7-16(14-15)23-12-1-2-13-23/h3-4,6-8,10,14,21H,1-2,5,9,11-13H2,(H,22,24). The molecule has 124 valence electrons. The third-order valence-corrected chi connectivity index (χ3v) is 4.91. The normalized spacial score (nSPS) is 16.4. The minimum absolute atomic E-state index is 0.0193. The number of nitrogens with one attached hydrogen (secondary N) is 2. The van der Waals surface area contributed by atoms with Crippen LogP contribution in [0.25, 0.3) is 0 Å². The summed E-state index contributed by atoms with van der Waals surface area (Å²) in [6, 6.07) is 14.1. The number of carbonyl (C=O) groups excluding carboxylic acids is 1. The molecule has 2 heterocycles. The van der Waals surface area contributed by atoms with E-state index in [4.69, 9.17) is 0 Å². The topological polar surface area (TPSA) is 44.4 Å². The zero-order valence-corrected chi connectivity index (χ0v) is 13.8. The number of hydrogen-bond donors (Lipinski definition) is 2. The predicted octanol–water partition coefficient (Wildman–Crippen LogP) is 3.90. The van der Waals surface area contributed by atoms with E-state index in [2.05, 4.69) is 33.7 Å². The molecule has 0 atom stereocenters. The summed E-state index contributed by atoms with van der Waals surface area (Å²) in [7, 11) is 0. The van der Waals surface area contributed by atoms with Gasteiger partial charge in [0.2, 0.25) is 0 Å². The molecule has 1 saturated heterocycles. The van der Waals surface area contributed by atoms with Crippen molar-refractivity contribution in [1.82, 2.24) is 0 Å². The number of amides is 1. The molecule has 0 aliphatic carbocycles. The van der Waals surface area contributed by atoms with E-state index in [0.717, 1.165) is 55.0 Å². The molecule has 0 unspecified atom stereocenters. The van der Waals surface area contributed by atoms with Gasteiger partial charge in [-0.05, 0) is 61.6 Å². The van der Waals surface area contributed by atoms with Gasteiger partial charge in [-0.2, -0.15) is 0 Å². The highest BCUT2D eigenvalue weighted by molar-refractivity contribution is 6.06. The van der Waals surface area contributed by atoms with Crippen LogP contribution in [-0.2, 0) is 6.42 Å². The number of nitrogens with zero attached hydrogens (tertiary/aromatic N) is 1. The Balaban J connectivity index is 1.55. The highest BCUT2D eigenvalue weighted by atomic mass is 16.1. The minimum atomic E-state index is -0.0193. The van der Waals surface area contributed by atoms with Gasteiger partial charge in [0.05, 0.1) is 0 Å². The van der Waals surface area contributed by atoms with E-state index >= 15 is 0 Å². The maximum Gasteiger partial charge on any atom is 0.256 e. The molecule has 0 spiro atoms. The lowest BCUT2D eigenvalue weighted by atomic mass is 9.97. The van der Waals surface area contributed by atoms with Crippen molar-refractivity contribution >= 4 is 23.0 Å². The van der Waals surface area contributed by atoms with Gasteiger partial charge in [-0.1, -0.05) is 12.1 Å². The van der Waals surface area contributed by atoms with Crippen molar-refractivity contribution < 1.29 is 4.79 Å². The average molecular weight is 321 g/mol. The molecule has 4 rings (SSSR count). The first-order chi connectivity index (χ1) is 11.8. The van der Waals surface area contributed by atoms with Gasteiger partial charge in [0, 0.05) is 42.3 Å². The van der Waals surface area contributed by atoms with Crippen molar-refractivity contribution in [2.75, 3.05) is 35.2 Å². The number of fused-ring (bicyclic) bond motifs is 1.